The average Bonchev–Trinajstić information content (AvgIpc) is 3.09. The molecule has 1 N–H and O–H groups in total. The number of fused-ring (bicyclic) bond motifs is 2. The SMILES string of the molecule is OCc1cc2ccc(Oc3nc4cccnc4s3)cc2o1. The number of nitrogens with zero attached hydrogens (tertiary/aromatic N) is 2. The largest absolute Gasteiger partial charge is 0.458 e. The van der Waals surface area contributed by atoms with Crippen molar-refractivity contribution in [3.63, 3.8) is 0 Å². The Morgan fingerprint density at radius 3 is 3.05 bits per heavy atom. The third-order valence-electron chi connectivity index (χ3n) is 3.05. The van der Waals surface area contributed by atoms with Gasteiger partial charge in [-0.15, -0.1) is 0 Å². The zero-order valence-electron chi connectivity index (χ0n) is 10.8. The minimum Gasteiger partial charge on any atom is -0.458 e. The lowest BCUT2D eigenvalue weighted by molar-refractivity contribution is 0.251. The zero-order valence-corrected chi connectivity index (χ0v) is 11.6. The molecule has 21 heavy (non-hydrogen) atoms. The fourth-order valence-corrected chi connectivity index (χ4v) is 2.88. The van der Waals surface area contributed by atoms with E-state index in [9.17, 15) is 0 Å². The highest BCUT2D eigenvalue weighted by molar-refractivity contribution is 7.19. The summed E-state index contributed by atoms with van der Waals surface area (Å²) in [5, 5.41) is 10.6. The van der Waals surface area contributed by atoms with Crippen molar-refractivity contribution < 1.29 is 14.3 Å². The fourth-order valence-electron chi connectivity index (χ4n) is 2.10. The minimum atomic E-state index is -0.117. The van der Waals surface area contributed by atoms with Crippen LogP contribution < -0.4 is 4.74 Å². The number of benzene rings is 1. The molecule has 0 aliphatic heterocycles. The Bertz CT molecular complexity index is 896. The minimum absolute atomic E-state index is 0.117. The summed E-state index contributed by atoms with van der Waals surface area (Å²) in [6.45, 7) is -0.117. The van der Waals surface area contributed by atoms with E-state index in [4.69, 9.17) is 14.3 Å². The van der Waals surface area contributed by atoms with Gasteiger partial charge in [-0.3, -0.25) is 0 Å². The van der Waals surface area contributed by atoms with Crippen molar-refractivity contribution in [3.8, 4) is 10.9 Å². The Morgan fingerprint density at radius 1 is 1.24 bits per heavy atom. The standard InChI is InChI=1S/C15H10N2O3S/c18-8-11-6-9-3-4-10(7-13(9)19-11)20-15-17-12-2-1-5-16-14(12)21-15/h1-7,18H,8H2. The van der Waals surface area contributed by atoms with Crippen LogP contribution >= 0.6 is 11.3 Å². The third-order valence-corrected chi connectivity index (χ3v) is 3.91. The van der Waals surface area contributed by atoms with E-state index in [0.717, 1.165) is 15.7 Å². The van der Waals surface area contributed by atoms with Gasteiger partial charge >= 0.3 is 0 Å². The van der Waals surface area contributed by atoms with Crippen molar-refractivity contribution in [2.45, 2.75) is 6.61 Å². The molecule has 6 heteroatoms. The Balaban J connectivity index is 1.69. The van der Waals surface area contributed by atoms with Crippen molar-refractivity contribution in [2.24, 2.45) is 0 Å². The third kappa shape index (κ3) is 2.24. The van der Waals surface area contributed by atoms with Crippen LogP contribution in [0.2, 0.25) is 0 Å². The number of thiazole rings is 1. The highest BCUT2D eigenvalue weighted by Gasteiger charge is 2.09. The van der Waals surface area contributed by atoms with Gasteiger partial charge in [0.05, 0.1) is 0 Å². The molecule has 3 heterocycles. The molecule has 0 saturated heterocycles. The predicted octanol–water partition coefficient (Wildman–Crippen LogP) is 3.72. The monoisotopic (exact) mass is 298 g/mol. The summed E-state index contributed by atoms with van der Waals surface area (Å²) in [5.41, 5.74) is 1.50. The summed E-state index contributed by atoms with van der Waals surface area (Å²) in [6, 6.07) is 11.1. The first-order valence-electron chi connectivity index (χ1n) is 6.34. The maximum atomic E-state index is 9.08. The summed E-state index contributed by atoms with van der Waals surface area (Å²) >= 11 is 1.39. The molecule has 0 atom stereocenters. The Labute approximate surface area is 123 Å². The molecule has 5 nitrogen and oxygen atoms in total. The highest BCUT2D eigenvalue weighted by atomic mass is 32.1. The van der Waals surface area contributed by atoms with Crippen LogP contribution in [0.3, 0.4) is 0 Å². The number of aliphatic hydroxyl groups excluding tert-OH is 1. The van der Waals surface area contributed by atoms with Gasteiger partial charge in [0.15, 0.2) is 0 Å². The molecular weight excluding hydrogens is 288 g/mol. The molecule has 0 aliphatic rings. The second kappa shape index (κ2) is 4.83. The molecule has 0 unspecified atom stereocenters. The van der Waals surface area contributed by atoms with Gasteiger partial charge in [0.1, 0.15) is 34.0 Å². The molecule has 1 aromatic carbocycles. The molecule has 0 saturated carbocycles. The number of rotatable bonds is 3. The second-order valence-corrected chi connectivity index (χ2v) is 5.42. The van der Waals surface area contributed by atoms with Gasteiger partial charge in [0.2, 0.25) is 0 Å². The fraction of sp³-hybridized carbons (Fsp3) is 0.0667. The summed E-state index contributed by atoms with van der Waals surface area (Å²) in [4.78, 5) is 9.45. The van der Waals surface area contributed by atoms with Gasteiger partial charge in [-0.05, 0) is 30.3 Å². The van der Waals surface area contributed by atoms with Crippen molar-refractivity contribution >= 4 is 32.7 Å². The van der Waals surface area contributed by atoms with E-state index in [2.05, 4.69) is 9.97 Å². The van der Waals surface area contributed by atoms with E-state index in [1.54, 1.807) is 18.3 Å². The highest BCUT2D eigenvalue weighted by Crippen LogP contribution is 2.32. The molecule has 3 aromatic heterocycles. The van der Waals surface area contributed by atoms with Crippen LogP contribution in [0, 0.1) is 0 Å². The lowest BCUT2D eigenvalue weighted by Gasteiger charge is -2.00. The zero-order chi connectivity index (χ0) is 14.2. The van der Waals surface area contributed by atoms with Gasteiger partial charge in [0, 0.05) is 17.6 Å². The lowest BCUT2D eigenvalue weighted by atomic mass is 10.2. The number of aliphatic hydroxyl groups is 1. The Morgan fingerprint density at radius 2 is 2.19 bits per heavy atom. The molecule has 0 aliphatic carbocycles. The first-order valence-corrected chi connectivity index (χ1v) is 7.16. The summed E-state index contributed by atoms with van der Waals surface area (Å²) < 4.78 is 11.3. The van der Waals surface area contributed by atoms with Crippen LogP contribution in [-0.4, -0.2) is 15.1 Å². The smallest absolute Gasteiger partial charge is 0.281 e. The van der Waals surface area contributed by atoms with Crippen LogP contribution in [-0.2, 0) is 6.61 Å². The second-order valence-electron chi connectivity index (χ2n) is 4.48. The molecular formula is C15H10N2O3S. The van der Waals surface area contributed by atoms with E-state index < -0.39 is 0 Å². The Hall–Kier alpha value is -2.44. The number of ether oxygens (including phenoxy) is 1. The van der Waals surface area contributed by atoms with Gasteiger partial charge in [0.25, 0.3) is 5.19 Å². The molecule has 0 amide bonds. The van der Waals surface area contributed by atoms with Crippen LogP contribution in [0.15, 0.2) is 47.0 Å². The van der Waals surface area contributed by atoms with Gasteiger partial charge in [-0.1, -0.05) is 11.3 Å². The number of aromatic nitrogens is 2. The van der Waals surface area contributed by atoms with Crippen LogP contribution in [0.5, 0.6) is 10.9 Å². The molecule has 4 rings (SSSR count). The van der Waals surface area contributed by atoms with Crippen molar-refractivity contribution in [3.05, 3.63) is 48.4 Å². The lowest BCUT2D eigenvalue weighted by Crippen LogP contribution is -1.82. The normalized spacial score (nSPS) is 11.3. The van der Waals surface area contributed by atoms with Gasteiger partial charge in [-0.25, -0.2) is 9.97 Å². The van der Waals surface area contributed by atoms with Crippen LogP contribution in [0.1, 0.15) is 5.76 Å². The van der Waals surface area contributed by atoms with Gasteiger partial charge < -0.3 is 14.3 Å². The van der Waals surface area contributed by atoms with Crippen molar-refractivity contribution in [1.29, 1.82) is 0 Å². The molecule has 0 bridgehead atoms. The maximum Gasteiger partial charge on any atom is 0.281 e. The van der Waals surface area contributed by atoms with E-state index in [1.807, 2.05) is 24.3 Å². The number of hydrogen-bond acceptors (Lipinski definition) is 6. The Kier molecular flexibility index (Phi) is 2.83. The maximum absolute atomic E-state index is 9.08. The predicted molar refractivity (Wildman–Crippen MR) is 79.6 cm³/mol. The quantitative estimate of drug-likeness (QED) is 0.624. The molecule has 0 spiro atoms. The topological polar surface area (TPSA) is 68.4 Å². The van der Waals surface area contributed by atoms with Crippen LogP contribution in [0.4, 0.5) is 0 Å². The number of furan rings is 1. The first kappa shape index (κ1) is 12.3. The molecule has 4 aromatic rings. The van der Waals surface area contributed by atoms with E-state index in [0.29, 0.717) is 22.3 Å². The summed E-state index contributed by atoms with van der Waals surface area (Å²) in [6.07, 6.45) is 1.73. The van der Waals surface area contributed by atoms with Crippen molar-refractivity contribution in [2.75, 3.05) is 0 Å². The summed E-state index contributed by atoms with van der Waals surface area (Å²) in [5.74, 6) is 1.17. The van der Waals surface area contributed by atoms with E-state index >= 15 is 0 Å². The van der Waals surface area contributed by atoms with E-state index in [-0.39, 0.29) is 6.61 Å². The average molecular weight is 298 g/mol. The molecule has 104 valence electrons. The number of hydrogen-bond donors (Lipinski definition) is 1. The first-order chi connectivity index (χ1) is 10.3. The number of pyridine rings is 1. The van der Waals surface area contributed by atoms with Crippen LogP contribution in [0.25, 0.3) is 21.3 Å². The van der Waals surface area contributed by atoms with Gasteiger partial charge in [-0.2, -0.15) is 0 Å². The summed E-state index contributed by atoms with van der Waals surface area (Å²) in [7, 11) is 0. The van der Waals surface area contributed by atoms with E-state index in [1.165, 1.54) is 11.3 Å². The van der Waals surface area contributed by atoms with Crippen molar-refractivity contribution in [1.82, 2.24) is 9.97 Å². The molecule has 0 fully saturated rings. The molecule has 0 radical (unpaired) electrons.